The first kappa shape index (κ1) is 19.4. The second kappa shape index (κ2) is 10.1. The van der Waals surface area contributed by atoms with E-state index in [9.17, 15) is 0 Å². The minimum Gasteiger partial charge on any atom is -0.370 e. The normalized spacial score (nSPS) is 17.2. The molecule has 1 fully saturated rings. The minimum absolute atomic E-state index is 0.165. The zero-order valence-electron chi connectivity index (χ0n) is 16.0. The molecule has 0 aliphatic carbocycles. The fourth-order valence-corrected chi connectivity index (χ4v) is 4.21. The highest BCUT2D eigenvalue weighted by Crippen LogP contribution is 2.27. The molecule has 26 heavy (non-hydrogen) atoms. The standard InChI is InChI=1S/C21H31N3OS/c1-22-10-9-20(21-8-4-15-26-21)25-17-18-6-3-7-19(16-18)24-12-5-11-23(2)13-14-24/h3-4,6-8,15-16,20,22H,5,9-14,17H2,1-2H3. The molecule has 1 unspecified atom stereocenters. The fraction of sp³-hybridized carbons (Fsp3) is 0.524. The Kier molecular flexibility index (Phi) is 7.50. The maximum atomic E-state index is 6.30. The van der Waals surface area contributed by atoms with Gasteiger partial charge in [-0.1, -0.05) is 18.2 Å². The molecule has 2 heterocycles. The van der Waals surface area contributed by atoms with Crippen LogP contribution in [0.3, 0.4) is 0 Å². The lowest BCUT2D eigenvalue weighted by molar-refractivity contribution is 0.0368. The van der Waals surface area contributed by atoms with Crippen LogP contribution in [0.1, 0.15) is 29.4 Å². The molecule has 2 aromatic rings. The summed E-state index contributed by atoms with van der Waals surface area (Å²) in [4.78, 5) is 6.23. The van der Waals surface area contributed by atoms with Crippen LogP contribution in [0.15, 0.2) is 41.8 Å². The molecule has 0 radical (unpaired) electrons. The largest absolute Gasteiger partial charge is 0.370 e. The third kappa shape index (κ3) is 5.55. The zero-order valence-corrected chi connectivity index (χ0v) is 16.8. The Bertz CT molecular complexity index is 646. The Morgan fingerprint density at radius 3 is 2.88 bits per heavy atom. The first-order valence-corrected chi connectivity index (χ1v) is 10.5. The Balaban J connectivity index is 1.62. The smallest absolute Gasteiger partial charge is 0.0933 e. The van der Waals surface area contributed by atoms with Gasteiger partial charge in [0, 0.05) is 30.2 Å². The van der Waals surface area contributed by atoms with Gasteiger partial charge < -0.3 is 19.9 Å². The summed E-state index contributed by atoms with van der Waals surface area (Å²) < 4.78 is 6.30. The van der Waals surface area contributed by atoms with Crippen LogP contribution >= 0.6 is 11.3 Å². The van der Waals surface area contributed by atoms with Crippen molar-refractivity contribution in [1.82, 2.24) is 10.2 Å². The number of anilines is 1. The number of nitrogens with zero attached hydrogens (tertiary/aromatic N) is 2. The third-order valence-electron chi connectivity index (χ3n) is 4.96. The fourth-order valence-electron chi connectivity index (χ4n) is 3.40. The quantitative estimate of drug-likeness (QED) is 0.763. The molecule has 0 saturated carbocycles. The highest BCUT2D eigenvalue weighted by Gasteiger charge is 2.15. The topological polar surface area (TPSA) is 27.7 Å². The Morgan fingerprint density at radius 2 is 2.08 bits per heavy atom. The zero-order chi connectivity index (χ0) is 18.2. The van der Waals surface area contributed by atoms with Gasteiger partial charge in [0.2, 0.25) is 0 Å². The maximum Gasteiger partial charge on any atom is 0.0933 e. The van der Waals surface area contributed by atoms with Crippen LogP contribution in [0.25, 0.3) is 0 Å². The number of likely N-dealkylation sites (N-methyl/N-ethyl adjacent to an activating group) is 1. The van der Waals surface area contributed by atoms with Crippen LogP contribution in [0, 0.1) is 0 Å². The van der Waals surface area contributed by atoms with E-state index in [1.165, 1.54) is 29.1 Å². The second-order valence-electron chi connectivity index (χ2n) is 7.02. The molecule has 3 rings (SSSR count). The highest BCUT2D eigenvalue weighted by atomic mass is 32.1. The highest BCUT2D eigenvalue weighted by molar-refractivity contribution is 7.10. The Hall–Kier alpha value is -1.40. The van der Waals surface area contributed by atoms with Gasteiger partial charge in [-0.15, -0.1) is 11.3 Å². The summed E-state index contributed by atoms with van der Waals surface area (Å²) in [6.07, 6.45) is 2.38. The van der Waals surface area contributed by atoms with Crippen molar-refractivity contribution in [2.24, 2.45) is 0 Å². The minimum atomic E-state index is 0.165. The van der Waals surface area contributed by atoms with Crippen LogP contribution < -0.4 is 10.2 Å². The summed E-state index contributed by atoms with van der Waals surface area (Å²) in [5.41, 5.74) is 2.58. The predicted molar refractivity (Wildman–Crippen MR) is 111 cm³/mol. The summed E-state index contributed by atoms with van der Waals surface area (Å²) >= 11 is 1.78. The maximum absolute atomic E-state index is 6.30. The molecule has 5 heteroatoms. The van der Waals surface area contributed by atoms with Crippen LogP contribution in [0.2, 0.25) is 0 Å². The van der Waals surface area contributed by atoms with Crippen molar-refractivity contribution in [2.75, 3.05) is 51.7 Å². The SMILES string of the molecule is CNCCC(OCc1cccc(N2CCCN(C)CC2)c1)c1cccs1. The van der Waals surface area contributed by atoms with Gasteiger partial charge in [-0.25, -0.2) is 0 Å². The van der Waals surface area contributed by atoms with Crippen molar-refractivity contribution >= 4 is 17.0 Å². The van der Waals surface area contributed by atoms with Gasteiger partial charge in [-0.3, -0.25) is 0 Å². The van der Waals surface area contributed by atoms with Crippen LogP contribution in [-0.2, 0) is 11.3 Å². The van der Waals surface area contributed by atoms with E-state index in [1.807, 2.05) is 7.05 Å². The molecule has 0 spiro atoms. The number of hydrogen-bond acceptors (Lipinski definition) is 5. The first-order chi connectivity index (χ1) is 12.8. The average Bonchev–Trinajstić information content (AvgIpc) is 3.10. The number of thiophene rings is 1. The van der Waals surface area contributed by atoms with Crippen LogP contribution in [0.4, 0.5) is 5.69 Å². The molecule has 1 aromatic heterocycles. The molecular formula is C21H31N3OS. The lowest BCUT2D eigenvalue weighted by Crippen LogP contribution is -2.28. The number of benzene rings is 1. The van der Waals surface area contributed by atoms with E-state index in [2.05, 4.69) is 63.9 Å². The third-order valence-corrected chi connectivity index (χ3v) is 5.93. The molecule has 1 saturated heterocycles. The van der Waals surface area contributed by atoms with Gasteiger partial charge in [-0.2, -0.15) is 0 Å². The van der Waals surface area contributed by atoms with E-state index in [4.69, 9.17) is 4.74 Å². The number of nitrogens with one attached hydrogen (secondary N) is 1. The molecule has 4 nitrogen and oxygen atoms in total. The van der Waals surface area contributed by atoms with Crippen molar-refractivity contribution in [3.05, 3.63) is 52.2 Å². The first-order valence-electron chi connectivity index (χ1n) is 9.58. The van der Waals surface area contributed by atoms with Gasteiger partial charge in [0.1, 0.15) is 0 Å². The number of rotatable bonds is 8. The summed E-state index contributed by atoms with van der Waals surface area (Å²) in [6.45, 7) is 6.17. The second-order valence-corrected chi connectivity index (χ2v) is 8.00. The van der Waals surface area contributed by atoms with Crippen molar-refractivity contribution in [3.63, 3.8) is 0 Å². The predicted octanol–water partition coefficient (Wildman–Crippen LogP) is 3.76. The molecule has 1 atom stereocenters. The lowest BCUT2D eigenvalue weighted by Gasteiger charge is -2.24. The summed E-state index contributed by atoms with van der Waals surface area (Å²) in [5.74, 6) is 0. The van der Waals surface area contributed by atoms with Gasteiger partial charge in [0.25, 0.3) is 0 Å². The van der Waals surface area contributed by atoms with Crippen molar-refractivity contribution in [2.45, 2.75) is 25.6 Å². The van der Waals surface area contributed by atoms with Gasteiger partial charge in [0.15, 0.2) is 0 Å². The van der Waals surface area contributed by atoms with Crippen molar-refractivity contribution in [3.8, 4) is 0 Å². The molecule has 1 aromatic carbocycles. The molecule has 142 valence electrons. The van der Waals surface area contributed by atoms with Crippen molar-refractivity contribution < 1.29 is 4.74 Å². The molecule has 1 aliphatic rings. The summed E-state index contributed by atoms with van der Waals surface area (Å²) in [6, 6.07) is 13.1. The summed E-state index contributed by atoms with van der Waals surface area (Å²) in [7, 11) is 4.21. The van der Waals surface area contributed by atoms with E-state index in [0.29, 0.717) is 6.61 Å². The van der Waals surface area contributed by atoms with E-state index in [-0.39, 0.29) is 6.10 Å². The lowest BCUT2D eigenvalue weighted by atomic mass is 10.1. The van der Waals surface area contributed by atoms with E-state index in [1.54, 1.807) is 11.3 Å². The Labute approximate surface area is 161 Å². The molecule has 0 amide bonds. The van der Waals surface area contributed by atoms with E-state index < -0.39 is 0 Å². The molecular weight excluding hydrogens is 342 g/mol. The number of ether oxygens (including phenoxy) is 1. The van der Waals surface area contributed by atoms with Crippen molar-refractivity contribution in [1.29, 1.82) is 0 Å². The van der Waals surface area contributed by atoms with Crippen LogP contribution in [-0.4, -0.2) is 51.7 Å². The van der Waals surface area contributed by atoms with E-state index in [0.717, 1.165) is 32.6 Å². The molecule has 0 bridgehead atoms. The van der Waals surface area contributed by atoms with Gasteiger partial charge >= 0.3 is 0 Å². The monoisotopic (exact) mass is 373 g/mol. The van der Waals surface area contributed by atoms with Crippen LogP contribution in [0.5, 0.6) is 0 Å². The number of hydrogen-bond donors (Lipinski definition) is 1. The van der Waals surface area contributed by atoms with E-state index >= 15 is 0 Å². The van der Waals surface area contributed by atoms with Gasteiger partial charge in [0.05, 0.1) is 12.7 Å². The molecule has 1 aliphatic heterocycles. The average molecular weight is 374 g/mol. The molecule has 1 N–H and O–H groups in total. The van der Waals surface area contributed by atoms with Gasteiger partial charge in [-0.05, 0) is 69.2 Å². The Morgan fingerprint density at radius 1 is 1.15 bits per heavy atom. The summed E-state index contributed by atoms with van der Waals surface area (Å²) in [5, 5.41) is 5.36.